The normalized spacial score (nSPS) is 18.1. The summed E-state index contributed by atoms with van der Waals surface area (Å²) in [7, 11) is -4.08. The van der Waals surface area contributed by atoms with Crippen LogP contribution in [0.1, 0.15) is 25.3 Å². The Hall–Kier alpha value is -2.79. The topological polar surface area (TPSA) is 176 Å². The molecule has 5 N–H and O–H groups in total. The van der Waals surface area contributed by atoms with Crippen molar-refractivity contribution >= 4 is 39.0 Å². The highest BCUT2D eigenvalue weighted by atomic mass is 32.2. The van der Waals surface area contributed by atoms with Gasteiger partial charge in [-0.15, -0.1) is 10.2 Å². The number of aromatic nitrogens is 4. The number of piperazine rings is 1. The third-order valence-corrected chi connectivity index (χ3v) is 6.73. The summed E-state index contributed by atoms with van der Waals surface area (Å²) in [6.07, 6.45) is 0.0346. The van der Waals surface area contributed by atoms with Gasteiger partial charge in [0.1, 0.15) is 4.90 Å². The van der Waals surface area contributed by atoms with Crippen molar-refractivity contribution in [1.82, 2.24) is 24.9 Å². The summed E-state index contributed by atoms with van der Waals surface area (Å²) < 4.78 is 51.7. The molecule has 0 spiro atoms. The van der Waals surface area contributed by atoms with Gasteiger partial charge in [0.25, 0.3) is 12.9 Å². The highest BCUT2D eigenvalue weighted by Crippen LogP contribution is 2.34. The molecule has 0 aromatic carbocycles. The van der Waals surface area contributed by atoms with Crippen molar-refractivity contribution in [3.05, 3.63) is 23.5 Å². The number of pyridine rings is 1. The van der Waals surface area contributed by atoms with Gasteiger partial charge >= 0.3 is 0 Å². The van der Waals surface area contributed by atoms with Gasteiger partial charge < -0.3 is 20.4 Å². The van der Waals surface area contributed by atoms with E-state index in [0.717, 1.165) is 0 Å². The number of nitrogens with one attached hydrogen (secondary N) is 1. The standard InChI is InChI=1S/C17H21F2N7O3S2.CH2O2/c1-17(2)8-25(5-9(7-27)22-17)11-3-10(31(20,28)29)6-26-12(11)4-21-14(26)16-24-23-15(30-16)13(18)19;2-1-3/h3-4,6,9,13,22,27H,5,7-8H2,1-2H3,(H2,20,28,29);1H,(H,2,3). The third-order valence-electron chi connectivity index (χ3n) is 4.92. The number of aliphatic hydroxyl groups is 1. The molecule has 12 nitrogen and oxygen atoms in total. The van der Waals surface area contributed by atoms with Crippen LogP contribution in [0.25, 0.3) is 16.3 Å². The predicted octanol–water partition coefficient (Wildman–Crippen LogP) is 0.688. The van der Waals surface area contributed by atoms with Crippen molar-refractivity contribution in [2.45, 2.75) is 36.7 Å². The quantitative estimate of drug-likeness (QED) is 0.351. The van der Waals surface area contributed by atoms with Gasteiger partial charge in [0, 0.05) is 30.9 Å². The fourth-order valence-corrected chi connectivity index (χ4v) is 4.99. The van der Waals surface area contributed by atoms with E-state index >= 15 is 0 Å². The Balaban J connectivity index is 0.00000103. The van der Waals surface area contributed by atoms with Crippen molar-refractivity contribution in [3.8, 4) is 10.8 Å². The molecule has 1 aliphatic rings. The number of nitrogens with two attached hydrogens (primary N) is 1. The Morgan fingerprint density at radius 2 is 2.09 bits per heavy atom. The fraction of sp³-hybridized carbons (Fsp3) is 0.444. The van der Waals surface area contributed by atoms with Gasteiger partial charge in [-0.1, -0.05) is 11.3 Å². The Bertz CT molecular complexity index is 1280. The monoisotopic (exact) mass is 519 g/mol. The molecule has 1 aliphatic heterocycles. The number of aliphatic hydroxyl groups excluding tert-OH is 1. The molecule has 4 rings (SSSR count). The molecule has 0 radical (unpaired) electrons. The zero-order valence-electron chi connectivity index (χ0n) is 18.1. The van der Waals surface area contributed by atoms with E-state index in [0.29, 0.717) is 35.6 Å². The van der Waals surface area contributed by atoms with Crippen LogP contribution < -0.4 is 15.4 Å². The number of carbonyl (C=O) groups is 1. The largest absolute Gasteiger partial charge is 0.483 e. The molecule has 16 heteroatoms. The molecular formula is C18H23F2N7O5S2. The first-order valence-electron chi connectivity index (χ1n) is 9.77. The first kappa shape index (κ1) is 25.8. The van der Waals surface area contributed by atoms with Crippen LogP contribution in [0.5, 0.6) is 0 Å². The first-order valence-corrected chi connectivity index (χ1v) is 12.1. The smallest absolute Gasteiger partial charge is 0.291 e. The molecule has 0 amide bonds. The maximum Gasteiger partial charge on any atom is 0.291 e. The van der Waals surface area contributed by atoms with Gasteiger partial charge in [-0.2, -0.15) is 0 Å². The summed E-state index contributed by atoms with van der Waals surface area (Å²) in [4.78, 5) is 14.4. The minimum absolute atomic E-state index is 0.100. The lowest BCUT2D eigenvalue weighted by atomic mass is 9.98. The molecule has 1 saturated heterocycles. The summed E-state index contributed by atoms with van der Waals surface area (Å²) in [5.74, 6) is 0.180. The molecule has 1 atom stereocenters. The zero-order chi connectivity index (χ0) is 25.3. The van der Waals surface area contributed by atoms with E-state index in [-0.39, 0.29) is 40.4 Å². The molecule has 4 heterocycles. The number of rotatable bonds is 5. The van der Waals surface area contributed by atoms with Crippen LogP contribution in [-0.2, 0) is 14.8 Å². The summed E-state index contributed by atoms with van der Waals surface area (Å²) in [5, 5.41) is 32.2. The number of halogens is 2. The van der Waals surface area contributed by atoms with Crippen LogP contribution >= 0.6 is 11.3 Å². The van der Waals surface area contributed by atoms with Crippen LogP contribution in [0.2, 0.25) is 0 Å². The second-order valence-corrected chi connectivity index (χ2v) is 10.7. The number of sulfonamides is 1. The van der Waals surface area contributed by atoms with Gasteiger partial charge in [0.2, 0.25) is 10.0 Å². The number of hydrogen-bond acceptors (Lipinski definition) is 10. The second kappa shape index (κ2) is 9.83. The SMILES string of the molecule is CC1(C)CN(c2cc(S(N)(=O)=O)cn3c(-c4nnc(C(F)F)s4)ncc23)CC(CO)N1.O=CO. The lowest BCUT2D eigenvalue weighted by Gasteiger charge is -2.44. The Morgan fingerprint density at radius 1 is 1.41 bits per heavy atom. The van der Waals surface area contributed by atoms with Crippen molar-refractivity contribution in [2.75, 3.05) is 24.6 Å². The molecule has 0 bridgehead atoms. The van der Waals surface area contributed by atoms with E-state index in [1.54, 1.807) is 0 Å². The number of anilines is 1. The summed E-state index contributed by atoms with van der Waals surface area (Å²) in [5.41, 5.74) is 0.719. The molecule has 1 fully saturated rings. The van der Waals surface area contributed by atoms with Crippen molar-refractivity contribution in [1.29, 1.82) is 0 Å². The fourth-order valence-electron chi connectivity index (χ4n) is 3.77. The first-order chi connectivity index (χ1) is 15.9. The molecular weight excluding hydrogens is 496 g/mol. The van der Waals surface area contributed by atoms with Crippen LogP contribution in [0.4, 0.5) is 14.5 Å². The maximum atomic E-state index is 13.0. The van der Waals surface area contributed by atoms with E-state index in [1.165, 1.54) is 22.9 Å². The number of fused-ring (bicyclic) bond motifs is 1. The third kappa shape index (κ3) is 5.47. The average molecular weight is 520 g/mol. The Kier molecular flexibility index (Phi) is 7.47. The highest BCUT2D eigenvalue weighted by molar-refractivity contribution is 7.89. The number of carboxylic acid groups (broad SMARTS) is 1. The molecule has 3 aromatic heterocycles. The highest BCUT2D eigenvalue weighted by Gasteiger charge is 2.33. The lowest BCUT2D eigenvalue weighted by molar-refractivity contribution is -0.122. The summed E-state index contributed by atoms with van der Waals surface area (Å²) in [6, 6.07) is 1.22. The van der Waals surface area contributed by atoms with Crippen LogP contribution in [0, 0.1) is 0 Å². The summed E-state index contributed by atoms with van der Waals surface area (Å²) >= 11 is 0.679. The van der Waals surface area contributed by atoms with E-state index in [4.69, 9.17) is 15.0 Å². The van der Waals surface area contributed by atoms with Gasteiger partial charge in [0.15, 0.2) is 15.8 Å². The van der Waals surface area contributed by atoms with Crippen molar-refractivity contribution < 1.29 is 32.2 Å². The molecule has 0 saturated carbocycles. The number of nitrogens with zero attached hydrogens (tertiary/aromatic N) is 5. The number of hydrogen-bond donors (Lipinski definition) is 4. The minimum Gasteiger partial charge on any atom is -0.483 e. The summed E-state index contributed by atoms with van der Waals surface area (Å²) in [6.45, 7) is 4.52. The second-order valence-electron chi connectivity index (χ2n) is 8.08. The Morgan fingerprint density at radius 3 is 2.65 bits per heavy atom. The van der Waals surface area contributed by atoms with Crippen LogP contribution in [-0.4, -0.2) is 76.0 Å². The minimum atomic E-state index is -4.08. The number of imidazole rings is 1. The molecule has 1 unspecified atom stereocenters. The van der Waals surface area contributed by atoms with Crippen LogP contribution in [0.3, 0.4) is 0 Å². The van der Waals surface area contributed by atoms with Gasteiger partial charge in [-0.05, 0) is 19.9 Å². The zero-order valence-corrected chi connectivity index (χ0v) is 19.7. The van der Waals surface area contributed by atoms with E-state index in [9.17, 15) is 22.3 Å². The van der Waals surface area contributed by atoms with E-state index in [2.05, 4.69) is 20.5 Å². The van der Waals surface area contributed by atoms with Crippen molar-refractivity contribution in [3.63, 3.8) is 0 Å². The van der Waals surface area contributed by atoms with Gasteiger partial charge in [-0.25, -0.2) is 27.3 Å². The van der Waals surface area contributed by atoms with Gasteiger partial charge in [0.05, 0.1) is 24.0 Å². The Labute approximate surface area is 197 Å². The molecule has 0 aliphatic carbocycles. The van der Waals surface area contributed by atoms with E-state index < -0.39 is 21.5 Å². The van der Waals surface area contributed by atoms with Crippen molar-refractivity contribution in [2.24, 2.45) is 5.14 Å². The molecule has 34 heavy (non-hydrogen) atoms. The van der Waals surface area contributed by atoms with Crippen LogP contribution in [0.15, 0.2) is 23.4 Å². The average Bonchev–Trinajstić information content (AvgIpc) is 3.38. The van der Waals surface area contributed by atoms with E-state index in [1.807, 2.05) is 18.7 Å². The maximum absolute atomic E-state index is 13.0. The predicted molar refractivity (Wildman–Crippen MR) is 119 cm³/mol. The lowest BCUT2D eigenvalue weighted by Crippen LogP contribution is -2.63. The molecule has 186 valence electrons. The van der Waals surface area contributed by atoms with Gasteiger partial charge in [-0.3, -0.25) is 9.20 Å². The number of alkyl halides is 2. The number of primary sulfonamides is 1. The molecule has 3 aromatic rings.